The number of hydrogen-bond donors (Lipinski definition) is 2. The van der Waals surface area contributed by atoms with E-state index in [1.807, 2.05) is 13.0 Å². The number of piperidine rings is 1. The molecule has 0 spiro atoms. The number of benzene rings is 2. The van der Waals surface area contributed by atoms with Crippen LogP contribution in [0.1, 0.15) is 21.3 Å². The smallest absolute Gasteiger partial charge is 0.360 e. The second kappa shape index (κ2) is 8.77. The first-order valence-corrected chi connectivity index (χ1v) is 10.2. The molecule has 1 aromatic heterocycles. The number of rotatable bonds is 4. The van der Waals surface area contributed by atoms with Gasteiger partial charge in [-0.05, 0) is 69.3 Å². The first kappa shape index (κ1) is 20.9. The highest BCUT2D eigenvalue weighted by atomic mass is 19.1. The maximum absolute atomic E-state index is 13.0. The standard InChI is InChI=1S/C23H24FN3O4.2H2/c1-14-20(30-18-9-11-27(2)12-10-18)8-3-15-13-19(22(28)31-21(14)15)26-23(29)25-17-6-4-16(24)5-7-17;;/h3-8,13,18H,9-12H2,1-2H3,(H2,25,26,29);2*1H. The first-order chi connectivity index (χ1) is 14.9. The maximum atomic E-state index is 13.0. The number of fused-ring (bicyclic) bond motifs is 1. The van der Waals surface area contributed by atoms with Crippen LogP contribution in [0.2, 0.25) is 0 Å². The predicted octanol–water partition coefficient (Wildman–Crippen LogP) is 4.85. The number of ether oxygens (including phenoxy) is 1. The van der Waals surface area contributed by atoms with E-state index in [2.05, 4.69) is 22.6 Å². The van der Waals surface area contributed by atoms with Gasteiger partial charge in [-0.1, -0.05) is 0 Å². The Hall–Kier alpha value is -3.39. The Morgan fingerprint density at radius 2 is 1.87 bits per heavy atom. The van der Waals surface area contributed by atoms with E-state index in [9.17, 15) is 14.0 Å². The fourth-order valence-electron chi connectivity index (χ4n) is 3.62. The third-order valence-corrected chi connectivity index (χ3v) is 5.41. The summed E-state index contributed by atoms with van der Waals surface area (Å²) in [4.78, 5) is 26.9. The molecule has 0 bridgehead atoms. The average Bonchev–Trinajstić information content (AvgIpc) is 2.74. The molecule has 31 heavy (non-hydrogen) atoms. The highest BCUT2D eigenvalue weighted by Crippen LogP contribution is 2.29. The normalized spacial score (nSPS) is 15.1. The van der Waals surface area contributed by atoms with Crippen molar-refractivity contribution >= 4 is 28.4 Å². The van der Waals surface area contributed by atoms with Crippen LogP contribution in [0.15, 0.2) is 51.7 Å². The minimum absolute atomic E-state index is 0. The third kappa shape index (κ3) is 4.86. The number of anilines is 2. The van der Waals surface area contributed by atoms with Crippen LogP contribution in [-0.2, 0) is 0 Å². The summed E-state index contributed by atoms with van der Waals surface area (Å²) in [7, 11) is 2.09. The molecule has 0 radical (unpaired) electrons. The summed E-state index contributed by atoms with van der Waals surface area (Å²) in [5, 5.41) is 5.70. The van der Waals surface area contributed by atoms with Crippen LogP contribution in [0.25, 0.3) is 11.0 Å². The minimum Gasteiger partial charge on any atom is -0.490 e. The van der Waals surface area contributed by atoms with Crippen LogP contribution < -0.4 is 21.0 Å². The van der Waals surface area contributed by atoms with Gasteiger partial charge in [-0.25, -0.2) is 14.0 Å². The van der Waals surface area contributed by atoms with E-state index in [-0.39, 0.29) is 14.6 Å². The van der Waals surface area contributed by atoms with Crippen LogP contribution in [0.3, 0.4) is 0 Å². The molecule has 0 saturated carbocycles. The summed E-state index contributed by atoms with van der Waals surface area (Å²) < 4.78 is 24.6. The Kier molecular flexibility index (Phi) is 5.90. The average molecular weight is 429 g/mol. The Labute approximate surface area is 181 Å². The Bertz CT molecular complexity index is 1160. The minimum atomic E-state index is -0.665. The molecule has 8 heteroatoms. The molecule has 2 amide bonds. The SMILES string of the molecule is Cc1c(OC2CCN(C)CC2)ccc2cc(NC(=O)Nc3ccc(F)cc3)c(=O)oc12.[HH].[HH]. The zero-order chi connectivity index (χ0) is 22.0. The lowest BCUT2D eigenvalue weighted by molar-refractivity contribution is 0.113. The monoisotopic (exact) mass is 429 g/mol. The van der Waals surface area contributed by atoms with Gasteiger partial charge in [-0.15, -0.1) is 0 Å². The topological polar surface area (TPSA) is 83.8 Å². The zero-order valence-corrected chi connectivity index (χ0v) is 17.4. The van der Waals surface area contributed by atoms with Gasteiger partial charge in [-0.2, -0.15) is 0 Å². The molecule has 0 unspecified atom stereocenters. The highest BCUT2D eigenvalue weighted by molar-refractivity contribution is 6.00. The third-order valence-electron chi connectivity index (χ3n) is 5.41. The van der Waals surface area contributed by atoms with Gasteiger partial charge < -0.3 is 24.7 Å². The van der Waals surface area contributed by atoms with Crippen molar-refractivity contribution < 1.29 is 21.2 Å². The fraction of sp³-hybridized carbons (Fsp3) is 0.304. The Morgan fingerprint density at radius 3 is 2.58 bits per heavy atom. The molecule has 1 aliphatic rings. The van der Waals surface area contributed by atoms with Crippen LogP contribution >= 0.6 is 0 Å². The van der Waals surface area contributed by atoms with Gasteiger partial charge in [0, 0.05) is 32.6 Å². The highest BCUT2D eigenvalue weighted by Gasteiger charge is 2.20. The summed E-state index contributed by atoms with van der Waals surface area (Å²) in [5.41, 5.74) is 0.920. The fourth-order valence-corrected chi connectivity index (χ4v) is 3.62. The number of likely N-dealkylation sites (tertiary alicyclic amines) is 1. The van der Waals surface area contributed by atoms with Crippen molar-refractivity contribution in [3.05, 3.63) is 64.3 Å². The number of amides is 2. The number of nitrogens with one attached hydrogen (secondary N) is 2. The maximum Gasteiger partial charge on any atom is 0.360 e. The molecule has 166 valence electrons. The molecular formula is C23H28FN3O4. The van der Waals surface area contributed by atoms with Crippen molar-refractivity contribution in [2.75, 3.05) is 30.8 Å². The van der Waals surface area contributed by atoms with E-state index in [0.29, 0.717) is 22.4 Å². The van der Waals surface area contributed by atoms with Crippen molar-refractivity contribution in [3.8, 4) is 5.75 Å². The molecule has 0 aliphatic carbocycles. The van der Waals surface area contributed by atoms with Gasteiger partial charge in [0.25, 0.3) is 0 Å². The van der Waals surface area contributed by atoms with Gasteiger partial charge in [-0.3, -0.25) is 0 Å². The van der Waals surface area contributed by atoms with E-state index in [1.165, 1.54) is 24.3 Å². The van der Waals surface area contributed by atoms with Crippen molar-refractivity contribution in [1.82, 2.24) is 4.90 Å². The number of nitrogens with zero attached hydrogens (tertiary/aromatic N) is 1. The molecule has 7 nitrogen and oxygen atoms in total. The van der Waals surface area contributed by atoms with E-state index in [4.69, 9.17) is 9.15 Å². The molecule has 1 fully saturated rings. The first-order valence-electron chi connectivity index (χ1n) is 10.2. The number of hydrogen-bond acceptors (Lipinski definition) is 5. The van der Waals surface area contributed by atoms with E-state index in [1.54, 1.807) is 12.1 Å². The van der Waals surface area contributed by atoms with E-state index in [0.717, 1.165) is 31.5 Å². The van der Waals surface area contributed by atoms with Crippen molar-refractivity contribution in [3.63, 3.8) is 0 Å². The molecule has 1 saturated heterocycles. The summed E-state index contributed by atoms with van der Waals surface area (Å²) in [6.07, 6.45) is 2.03. The van der Waals surface area contributed by atoms with Gasteiger partial charge >= 0.3 is 11.7 Å². The largest absolute Gasteiger partial charge is 0.490 e. The second-order valence-corrected chi connectivity index (χ2v) is 7.76. The Morgan fingerprint density at radius 1 is 1.16 bits per heavy atom. The molecule has 3 aromatic rings. The van der Waals surface area contributed by atoms with Crippen molar-refractivity contribution in [2.45, 2.75) is 25.9 Å². The summed E-state index contributed by atoms with van der Waals surface area (Å²) in [5.74, 6) is 0.288. The lowest BCUT2D eigenvalue weighted by Crippen LogP contribution is -2.35. The number of aryl methyl sites for hydroxylation is 1. The summed E-state index contributed by atoms with van der Waals surface area (Å²) in [6.45, 7) is 3.83. The zero-order valence-electron chi connectivity index (χ0n) is 17.4. The number of carbonyl (C=O) groups excluding carboxylic acids is 1. The molecule has 1 aliphatic heterocycles. The molecule has 4 rings (SSSR count). The van der Waals surface area contributed by atoms with Gasteiger partial charge in [0.15, 0.2) is 0 Å². The van der Waals surface area contributed by atoms with Gasteiger partial charge in [0.2, 0.25) is 0 Å². The lowest BCUT2D eigenvalue weighted by Gasteiger charge is -2.29. The Balaban J connectivity index is 0.00000193. The number of halogens is 1. The van der Waals surface area contributed by atoms with Gasteiger partial charge in [0.1, 0.15) is 28.9 Å². The van der Waals surface area contributed by atoms with E-state index < -0.39 is 17.5 Å². The second-order valence-electron chi connectivity index (χ2n) is 7.76. The molecule has 2 aromatic carbocycles. The lowest BCUT2D eigenvalue weighted by atomic mass is 10.1. The molecule has 2 N–H and O–H groups in total. The van der Waals surface area contributed by atoms with Crippen LogP contribution in [0, 0.1) is 12.7 Å². The number of carbonyl (C=O) groups is 1. The van der Waals surface area contributed by atoms with Crippen molar-refractivity contribution in [1.29, 1.82) is 0 Å². The molecule has 0 atom stereocenters. The van der Waals surface area contributed by atoms with Crippen LogP contribution in [0.4, 0.5) is 20.6 Å². The molecule has 2 heterocycles. The van der Waals surface area contributed by atoms with Crippen molar-refractivity contribution in [2.24, 2.45) is 0 Å². The molecular weight excluding hydrogens is 401 g/mol. The van der Waals surface area contributed by atoms with Crippen LogP contribution in [-0.4, -0.2) is 37.2 Å². The van der Waals surface area contributed by atoms with Crippen LogP contribution in [0.5, 0.6) is 5.75 Å². The quantitative estimate of drug-likeness (QED) is 0.579. The van der Waals surface area contributed by atoms with E-state index >= 15 is 0 Å². The summed E-state index contributed by atoms with van der Waals surface area (Å²) in [6, 6.07) is 9.91. The van der Waals surface area contributed by atoms with Gasteiger partial charge in [0.05, 0.1) is 0 Å². The predicted molar refractivity (Wildman–Crippen MR) is 122 cm³/mol. The number of urea groups is 1. The summed E-state index contributed by atoms with van der Waals surface area (Å²) >= 11 is 0.